The van der Waals surface area contributed by atoms with Crippen LogP contribution in [0.15, 0.2) is 24.5 Å². The molecule has 1 saturated heterocycles. The molecular formula is C23H29FN8O2. The number of halogens is 1. The highest BCUT2D eigenvalue weighted by atomic mass is 19.1. The zero-order valence-electron chi connectivity index (χ0n) is 19.7. The van der Waals surface area contributed by atoms with Crippen LogP contribution >= 0.6 is 0 Å². The molecule has 10 nitrogen and oxygen atoms in total. The van der Waals surface area contributed by atoms with E-state index in [2.05, 4.69) is 27.0 Å². The summed E-state index contributed by atoms with van der Waals surface area (Å²) in [7, 11) is 1.41. The summed E-state index contributed by atoms with van der Waals surface area (Å²) in [5, 5.41) is 19.5. The maximum Gasteiger partial charge on any atom is 0.223 e. The minimum absolute atomic E-state index is 0.0613. The Kier molecular flexibility index (Phi) is 5.51. The number of nitrogens with two attached hydrogens (primary N) is 1. The van der Waals surface area contributed by atoms with Crippen LogP contribution in [0, 0.1) is 5.82 Å². The third-order valence-electron chi connectivity index (χ3n) is 6.87. The molecule has 11 heteroatoms. The van der Waals surface area contributed by atoms with Gasteiger partial charge in [-0.05, 0) is 39.7 Å². The Morgan fingerprint density at radius 1 is 1.24 bits per heavy atom. The Balaban J connectivity index is 1.49. The van der Waals surface area contributed by atoms with Gasteiger partial charge in [0.2, 0.25) is 5.95 Å². The molecule has 0 saturated carbocycles. The smallest absolute Gasteiger partial charge is 0.223 e. The first-order chi connectivity index (χ1) is 16.3. The molecule has 4 atom stereocenters. The summed E-state index contributed by atoms with van der Waals surface area (Å²) in [4.78, 5) is 11.4. The number of nitrogen functional groups attached to an aromatic ring is 1. The van der Waals surface area contributed by atoms with E-state index in [9.17, 15) is 9.50 Å². The fraction of sp³-hybridized carbons (Fsp3) is 0.478. The van der Waals surface area contributed by atoms with Gasteiger partial charge in [-0.1, -0.05) is 0 Å². The van der Waals surface area contributed by atoms with Gasteiger partial charge in [0.25, 0.3) is 0 Å². The number of fused-ring (bicyclic) bond motifs is 3. The fourth-order valence-electron chi connectivity index (χ4n) is 4.57. The van der Waals surface area contributed by atoms with Crippen molar-refractivity contribution in [2.75, 3.05) is 24.3 Å². The molecule has 0 unspecified atom stereocenters. The predicted molar refractivity (Wildman–Crippen MR) is 127 cm³/mol. The lowest BCUT2D eigenvalue weighted by Crippen LogP contribution is -2.41. The van der Waals surface area contributed by atoms with Gasteiger partial charge in [0.15, 0.2) is 23.0 Å². The molecule has 34 heavy (non-hydrogen) atoms. The first-order valence-corrected chi connectivity index (χ1v) is 11.4. The molecule has 180 valence electrons. The topological polar surface area (TPSA) is 120 Å². The van der Waals surface area contributed by atoms with Crippen molar-refractivity contribution in [2.24, 2.45) is 0 Å². The molecule has 3 aromatic heterocycles. The lowest BCUT2D eigenvalue weighted by Gasteiger charge is -2.37. The number of nitrogens with zero attached hydrogens (tertiary/aromatic N) is 7. The van der Waals surface area contributed by atoms with Gasteiger partial charge < -0.3 is 20.5 Å². The molecule has 4 heterocycles. The van der Waals surface area contributed by atoms with Gasteiger partial charge in [0, 0.05) is 36.2 Å². The highest BCUT2D eigenvalue weighted by Crippen LogP contribution is 2.34. The number of benzene rings is 1. The Morgan fingerprint density at radius 3 is 2.76 bits per heavy atom. The van der Waals surface area contributed by atoms with E-state index in [-0.39, 0.29) is 23.7 Å². The molecule has 3 N–H and O–H groups in total. The van der Waals surface area contributed by atoms with E-state index in [1.54, 1.807) is 11.6 Å². The lowest BCUT2D eigenvalue weighted by atomic mass is 9.92. The molecule has 1 aliphatic rings. The van der Waals surface area contributed by atoms with E-state index >= 15 is 0 Å². The highest BCUT2D eigenvalue weighted by Gasteiger charge is 2.31. The Morgan fingerprint density at radius 2 is 2.03 bits per heavy atom. The SMILES string of the molecule is COc1cc2nc(N)n3nc([C@H]4CC[C@@H](C)N(c5cnn([C@H](C)[C@H](C)O)c5)C4)nc3c2cc1F. The number of hydrogen-bond acceptors (Lipinski definition) is 8. The largest absolute Gasteiger partial charge is 0.494 e. The molecule has 0 spiro atoms. The molecule has 1 fully saturated rings. The predicted octanol–water partition coefficient (Wildman–Crippen LogP) is 2.92. The molecule has 0 aliphatic carbocycles. The van der Waals surface area contributed by atoms with E-state index in [0.717, 1.165) is 18.5 Å². The average molecular weight is 469 g/mol. The van der Waals surface area contributed by atoms with Crippen LogP contribution in [0.4, 0.5) is 16.0 Å². The highest BCUT2D eigenvalue weighted by molar-refractivity contribution is 5.93. The van der Waals surface area contributed by atoms with Crippen LogP contribution in [0.5, 0.6) is 5.75 Å². The number of aromatic nitrogens is 6. The zero-order chi connectivity index (χ0) is 24.1. The molecule has 4 aromatic rings. The van der Waals surface area contributed by atoms with Crippen molar-refractivity contribution in [1.29, 1.82) is 0 Å². The van der Waals surface area contributed by atoms with Crippen molar-refractivity contribution in [2.45, 2.75) is 57.7 Å². The lowest BCUT2D eigenvalue weighted by molar-refractivity contribution is 0.132. The summed E-state index contributed by atoms with van der Waals surface area (Å²) < 4.78 is 22.8. The van der Waals surface area contributed by atoms with Gasteiger partial charge in [-0.15, -0.1) is 5.10 Å². The Bertz CT molecular complexity index is 1350. The summed E-state index contributed by atoms with van der Waals surface area (Å²) in [6, 6.07) is 3.08. The van der Waals surface area contributed by atoms with Crippen LogP contribution in [-0.4, -0.2) is 60.3 Å². The van der Waals surface area contributed by atoms with Crippen molar-refractivity contribution in [3.63, 3.8) is 0 Å². The number of piperidine rings is 1. The summed E-state index contributed by atoms with van der Waals surface area (Å²) >= 11 is 0. The second-order valence-corrected chi connectivity index (χ2v) is 9.11. The first-order valence-electron chi connectivity index (χ1n) is 11.4. The number of rotatable bonds is 5. The van der Waals surface area contributed by atoms with Gasteiger partial charge >= 0.3 is 0 Å². The summed E-state index contributed by atoms with van der Waals surface area (Å²) in [6.45, 7) is 6.59. The summed E-state index contributed by atoms with van der Waals surface area (Å²) in [5.41, 5.74) is 8.13. The van der Waals surface area contributed by atoms with E-state index in [1.165, 1.54) is 23.8 Å². The number of hydrogen-bond donors (Lipinski definition) is 2. The molecular weight excluding hydrogens is 439 g/mol. The van der Waals surface area contributed by atoms with E-state index in [1.807, 2.05) is 19.3 Å². The van der Waals surface area contributed by atoms with E-state index < -0.39 is 11.9 Å². The quantitative estimate of drug-likeness (QED) is 0.459. The van der Waals surface area contributed by atoms with Crippen LogP contribution < -0.4 is 15.4 Å². The van der Waals surface area contributed by atoms with E-state index in [0.29, 0.717) is 35.0 Å². The molecule has 0 radical (unpaired) electrons. The third-order valence-corrected chi connectivity index (χ3v) is 6.87. The summed E-state index contributed by atoms with van der Waals surface area (Å²) in [6.07, 6.45) is 5.18. The van der Waals surface area contributed by atoms with Gasteiger partial charge in [-0.2, -0.15) is 9.61 Å². The number of ether oxygens (including phenoxy) is 1. The molecule has 5 rings (SSSR count). The average Bonchev–Trinajstić information content (AvgIpc) is 3.47. The third kappa shape index (κ3) is 3.69. The van der Waals surface area contributed by atoms with E-state index in [4.69, 9.17) is 15.5 Å². The molecule has 0 amide bonds. The van der Waals surface area contributed by atoms with Crippen molar-refractivity contribution in [3.8, 4) is 5.75 Å². The second-order valence-electron chi connectivity index (χ2n) is 9.11. The number of anilines is 2. The van der Waals surface area contributed by atoms with Gasteiger partial charge in [0.05, 0.1) is 36.7 Å². The maximum absolute atomic E-state index is 14.4. The first kappa shape index (κ1) is 22.3. The fourth-order valence-corrected chi connectivity index (χ4v) is 4.57. The zero-order valence-corrected chi connectivity index (χ0v) is 19.7. The van der Waals surface area contributed by atoms with Gasteiger partial charge in [-0.25, -0.2) is 14.4 Å². The second kappa shape index (κ2) is 8.39. The van der Waals surface area contributed by atoms with Crippen molar-refractivity contribution >= 4 is 28.2 Å². The van der Waals surface area contributed by atoms with Crippen molar-refractivity contribution in [1.82, 2.24) is 29.4 Å². The van der Waals surface area contributed by atoms with Crippen LogP contribution in [0.3, 0.4) is 0 Å². The maximum atomic E-state index is 14.4. The molecule has 1 aliphatic heterocycles. The Labute approximate surface area is 196 Å². The van der Waals surface area contributed by atoms with Crippen molar-refractivity contribution < 1.29 is 14.2 Å². The monoisotopic (exact) mass is 468 g/mol. The van der Waals surface area contributed by atoms with Crippen LogP contribution in [-0.2, 0) is 0 Å². The minimum Gasteiger partial charge on any atom is -0.494 e. The van der Waals surface area contributed by atoms with Crippen LogP contribution in [0.25, 0.3) is 16.6 Å². The number of aliphatic hydroxyl groups is 1. The molecule has 1 aromatic carbocycles. The summed E-state index contributed by atoms with van der Waals surface area (Å²) in [5.74, 6) is 0.509. The number of aliphatic hydroxyl groups excluding tert-OH is 1. The van der Waals surface area contributed by atoms with Gasteiger partial charge in [0.1, 0.15) is 0 Å². The van der Waals surface area contributed by atoms with Gasteiger partial charge in [-0.3, -0.25) is 4.68 Å². The Hall–Kier alpha value is -3.47. The van der Waals surface area contributed by atoms with Crippen LogP contribution in [0.2, 0.25) is 0 Å². The number of methoxy groups -OCH3 is 1. The van der Waals surface area contributed by atoms with Crippen molar-refractivity contribution in [3.05, 3.63) is 36.2 Å². The minimum atomic E-state index is -0.500. The normalized spacial score (nSPS) is 20.7. The molecule has 0 bridgehead atoms. The standard InChI is InChI=1S/C23H29FN8O2/c1-12-5-6-15(10-30(12)16-9-26-31(11-16)13(2)14(3)33)21-28-22-17-7-18(24)20(34-4)8-19(17)27-23(25)32(22)29-21/h7-9,11-15,33H,5-6,10H2,1-4H3,(H2,25,27)/t12-,13-,14+,15+/m1/s1. The van der Waals surface area contributed by atoms with Crippen LogP contribution in [0.1, 0.15) is 51.4 Å².